The second kappa shape index (κ2) is 15.1. The van der Waals surface area contributed by atoms with Gasteiger partial charge < -0.3 is 28.8 Å². The first-order valence-electron chi connectivity index (χ1n) is 16.5. The van der Waals surface area contributed by atoms with Gasteiger partial charge in [-0.1, -0.05) is 140 Å². The van der Waals surface area contributed by atoms with Crippen LogP contribution in [-0.2, 0) is 43.4 Å². The second-order valence-electron chi connectivity index (χ2n) is 12.0. The molecule has 7 rings (SSSR count). The first-order chi connectivity index (χ1) is 24.2. The van der Waals surface area contributed by atoms with E-state index in [2.05, 4.69) is 0 Å². The summed E-state index contributed by atoms with van der Waals surface area (Å²) in [5.74, 6) is 0.389. The van der Waals surface area contributed by atoms with Crippen LogP contribution in [0.4, 0.5) is 0 Å². The molecule has 1 aliphatic heterocycles. The lowest BCUT2D eigenvalue weighted by atomic mass is 9.90. The normalized spacial score (nSPS) is 16.6. The van der Waals surface area contributed by atoms with Crippen LogP contribution in [0.25, 0.3) is 0 Å². The maximum Gasteiger partial charge on any atom is 0.264 e. The highest BCUT2D eigenvalue weighted by atomic mass is 16.7. The van der Waals surface area contributed by atoms with Gasteiger partial charge in [-0.05, 0) is 46.0 Å². The van der Waals surface area contributed by atoms with Crippen molar-refractivity contribution >= 4 is 0 Å². The number of hydrogen-bond donors (Lipinski definition) is 1. The predicted molar refractivity (Wildman–Crippen MR) is 188 cm³/mol. The van der Waals surface area contributed by atoms with Crippen LogP contribution in [-0.4, -0.2) is 11.2 Å². The summed E-state index contributed by atoms with van der Waals surface area (Å²) in [5.41, 5.74) is 5.37. The Balaban J connectivity index is 1.34. The smallest absolute Gasteiger partial charge is 0.264 e. The van der Waals surface area contributed by atoms with Gasteiger partial charge in [0.2, 0.25) is 5.75 Å². The number of aliphatic hydroxyl groups is 1. The van der Waals surface area contributed by atoms with Crippen LogP contribution < -0.4 is 18.9 Å². The van der Waals surface area contributed by atoms with E-state index in [1.54, 1.807) is 0 Å². The quantitative estimate of drug-likeness (QED) is 0.135. The van der Waals surface area contributed by atoms with Gasteiger partial charge in [0.1, 0.15) is 31.7 Å². The van der Waals surface area contributed by atoms with Crippen molar-refractivity contribution in [3.05, 3.63) is 191 Å². The monoisotopic (exact) mass is 650 g/mol. The molecule has 0 aromatic heterocycles. The molecule has 2 unspecified atom stereocenters. The molecule has 2 atom stereocenters. The van der Waals surface area contributed by atoms with Gasteiger partial charge >= 0.3 is 0 Å². The van der Waals surface area contributed by atoms with Crippen LogP contribution in [0.3, 0.4) is 0 Å². The third kappa shape index (κ3) is 7.62. The molecule has 1 N–H and O–H groups in total. The van der Waals surface area contributed by atoms with Gasteiger partial charge in [0.05, 0.1) is 6.61 Å². The SMILES string of the molecule is OC1Cc2ccccc2OC1(OCc1ccccc1)c1cc(OCc2ccccc2)c(OCc2ccccc2)c(OCc2ccccc2)c1. The van der Waals surface area contributed by atoms with Crippen LogP contribution in [0.5, 0.6) is 23.0 Å². The molecular formula is C43H38O6. The summed E-state index contributed by atoms with van der Waals surface area (Å²) in [7, 11) is 0. The Morgan fingerprint density at radius 1 is 0.531 bits per heavy atom. The number of fused-ring (bicyclic) bond motifs is 1. The fraction of sp³-hybridized carbons (Fsp3) is 0.163. The molecule has 0 saturated carbocycles. The van der Waals surface area contributed by atoms with E-state index in [0.717, 1.165) is 27.8 Å². The van der Waals surface area contributed by atoms with Gasteiger partial charge in [-0.2, -0.15) is 0 Å². The summed E-state index contributed by atoms with van der Waals surface area (Å²) in [5, 5.41) is 12.0. The third-order valence-electron chi connectivity index (χ3n) is 8.51. The highest BCUT2D eigenvalue weighted by molar-refractivity contribution is 5.56. The number of aliphatic hydroxyl groups excluding tert-OH is 1. The molecule has 6 aromatic carbocycles. The highest BCUT2D eigenvalue weighted by Gasteiger charge is 2.48. The van der Waals surface area contributed by atoms with Crippen LogP contribution in [0.1, 0.15) is 33.4 Å². The highest BCUT2D eigenvalue weighted by Crippen LogP contribution is 2.48. The van der Waals surface area contributed by atoms with Crippen molar-refractivity contribution in [2.24, 2.45) is 0 Å². The summed E-state index contributed by atoms with van der Waals surface area (Å²) in [6, 6.07) is 51.1. The lowest BCUT2D eigenvalue weighted by molar-refractivity contribution is -0.261. The molecule has 6 nitrogen and oxygen atoms in total. The van der Waals surface area contributed by atoms with Crippen LogP contribution >= 0.6 is 0 Å². The van der Waals surface area contributed by atoms with Crippen molar-refractivity contribution in [1.82, 2.24) is 0 Å². The fourth-order valence-electron chi connectivity index (χ4n) is 5.91. The third-order valence-corrected chi connectivity index (χ3v) is 8.51. The Bertz CT molecular complexity index is 1870. The van der Waals surface area contributed by atoms with E-state index in [1.165, 1.54) is 0 Å². The van der Waals surface area contributed by atoms with Crippen molar-refractivity contribution < 1.29 is 28.8 Å². The zero-order valence-electron chi connectivity index (χ0n) is 27.1. The number of hydrogen-bond acceptors (Lipinski definition) is 6. The van der Waals surface area contributed by atoms with Crippen LogP contribution in [0, 0.1) is 0 Å². The Kier molecular flexibility index (Phi) is 9.87. The van der Waals surface area contributed by atoms with E-state index in [9.17, 15) is 5.11 Å². The van der Waals surface area contributed by atoms with Crippen LogP contribution in [0.15, 0.2) is 158 Å². The first-order valence-corrected chi connectivity index (χ1v) is 16.5. The van der Waals surface area contributed by atoms with Gasteiger partial charge in [-0.3, -0.25) is 0 Å². The van der Waals surface area contributed by atoms with Gasteiger partial charge in [0.25, 0.3) is 5.79 Å². The molecule has 0 amide bonds. The zero-order chi connectivity index (χ0) is 33.3. The van der Waals surface area contributed by atoms with Gasteiger partial charge in [-0.15, -0.1) is 0 Å². The van der Waals surface area contributed by atoms with E-state index in [1.807, 2.05) is 158 Å². The van der Waals surface area contributed by atoms with Crippen molar-refractivity contribution in [2.75, 3.05) is 0 Å². The molecule has 0 fully saturated rings. The van der Waals surface area contributed by atoms with E-state index >= 15 is 0 Å². The molecule has 0 bridgehead atoms. The van der Waals surface area contributed by atoms with Gasteiger partial charge in [-0.25, -0.2) is 0 Å². The van der Waals surface area contributed by atoms with E-state index in [4.69, 9.17) is 23.7 Å². The molecule has 6 heteroatoms. The molecule has 49 heavy (non-hydrogen) atoms. The zero-order valence-corrected chi connectivity index (χ0v) is 27.1. The molecule has 6 aromatic rings. The maximum absolute atomic E-state index is 12.0. The first kappa shape index (κ1) is 32.0. The molecule has 0 radical (unpaired) electrons. The number of para-hydroxylation sites is 1. The average molecular weight is 651 g/mol. The summed E-state index contributed by atoms with van der Waals surface area (Å²) >= 11 is 0. The number of ether oxygens (including phenoxy) is 5. The minimum Gasteiger partial charge on any atom is -0.485 e. The van der Waals surface area contributed by atoms with Crippen molar-refractivity contribution in [2.45, 2.75) is 44.7 Å². The second-order valence-corrected chi connectivity index (χ2v) is 12.0. The van der Waals surface area contributed by atoms with Crippen molar-refractivity contribution in [3.8, 4) is 23.0 Å². The predicted octanol–water partition coefficient (Wildman–Crippen LogP) is 8.79. The summed E-state index contributed by atoms with van der Waals surface area (Å²) in [4.78, 5) is 0. The Morgan fingerprint density at radius 2 is 0.959 bits per heavy atom. The number of benzene rings is 6. The van der Waals surface area contributed by atoms with Crippen molar-refractivity contribution in [1.29, 1.82) is 0 Å². The molecule has 246 valence electrons. The maximum atomic E-state index is 12.0. The Hall–Kier alpha value is -5.56. The molecular weight excluding hydrogens is 612 g/mol. The molecule has 0 spiro atoms. The van der Waals surface area contributed by atoms with E-state index in [0.29, 0.717) is 41.6 Å². The largest absolute Gasteiger partial charge is 0.485 e. The molecule has 1 aliphatic rings. The summed E-state index contributed by atoms with van der Waals surface area (Å²) < 4.78 is 33.0. The van der Waals surface area contributed by atoms with Crippen molar-refractivity contribution in [3.63, 3.8) is 0 Å². The minimum absolute atomic E-state index is 0.201. The topological polar surface area (TPSA) is 66.4 Å². The van der Waals surface area contributed by atoms with E-state index in [-0.39, 0.29) is 19.8 Å². The lowest BCUT2D eigenvalue weighted by Gasteiger charge is -2.42. The Morgan fingerprint density at radius 3 is 1.47 bits per heavy atom. The molecule has 0 aliphatic carbocycles. The minimum atomic E-state index is -1.59. The van der Waals surface area contributed by atoms with Gasteiger partial charge in [0, 0.05) is 12.0 Å². The summed E-state index contributed by atoms with van der Waals surface area (Å²) in [6.07, 6.45) is -0.719. The summed E-state index contributed by atoms with van der Waals surface area (Å²) in [6.45, 7) is 1.07. The standard InChI is InChI=1S/C43H38O6/c44-41-25-36-23-13-14-24-38(36)49-43(41,48-31-35-21-11-4-12-22-35)37-26-39(45-28-32-15-5-1-6-16-32)42(47-30-34-19-9-3-10-20-34)40(27-37)46-29-33-17-7-2-8-18-33/h1-24,26-27,41,44H,25,28-31H2. The lowest BCUT2D eigenvalue weighted by Crippen LogP contribution is -2.50. The van der Waals surface area contributed by atoms with E-state index < -0.39 is 11.9 Å². The van der Waals surface area contributed by atoms with Gasteiger partial charge in [0.15, 0.2) is 11.5 Å². The fourth-order valence-corrected chi connectivity index (χ4v) is 5.91. The molecule has 1 heterocycles. The average Bonchev–Trinajstić information content (AvgIpc) is 3.16. The number of rotatable bonds is 13. The Labute approximate surface area is 287 Å². The van der Waals surface area contributed by atoms with Crippen LogP contribution in [0.2, 0.25) is 0 Å². The molecule has 0 saturated heterocycles.